The zero-order valence-corrected chi connectivity index (χ0v) is 15.4. The molecule has 1 aromatic heterocycles. The first kappa shape index (κ1) is 19.8. The normalized spacial score (nSPS) is 11.0. The van der Waals surface area contributed by atoms with Gasteiger partial charge in [-0.2, -0.15) is 5.10 Å². The molecule has 0 aliphatic rings. The molecule has 1 heterocycles. The van der Waals surface area contributed by atoms with Crippen LogP contribution in [0.3, 0.4) is 0 Å². The van der Waals surface area contributed by atoms with E-state index in [4.69, 9.17) is 10.5 Å². The van der Waals surface area contributed by atoms with Crippen LogP contribution in [-0.2, 0) is 17.9 Å². The number of nitrogens with two attached hydrogens (primary N) is 1. The Kier molecular flexibility index (Phi) is 8.12. The van der Waals surface area contributed by atoms with E-state index in [1.54, 1.807) is 7.11 Å². The summed E-state index contributed by atoms with van der Waals surface area (Å²) in [6.45, 7) is 1.22. The molecule has 0 radical (unpaired) electrons. The van der Waals surface area contributed by atoms with E-state index in [0.29, 0.717) is 19.7 Å². The van der Waals surface area contributed by atoms with Gasteiger partial charge in [-0.25, -0.2) is 0 Å². The lowest BCUT2D eigenvalue weighted by molar-refractivity contribution is -0.385. The van der Waals surface area contributed by atoms with Crippen molar-refractivity contribution >= 4 is 41.3 Å². The maximum absolute atomic E-state index is 10.6. The average Bonchev–Trinajstić information content (AvgIpc) is 2.99. The van der Waals surface area contributed by atoms with Gasteiger partial charge >= 0.3 is 5.69 Å². The summed E-state index contributed by atoms with van der Waals surface area (Å²) in [4.78, 5) is 14.3. The van der Waals surface area contributed by atoms with Gasteiger partial charge in [-0.1, -0.05) is 18.2 Å². The van der Waals surface area contributed by atoms with Gasteiger partial charge in [0, 0.05) is 18.4 Å². The molecule has 1 aromatic carbocycles. The molecule has 24 heavy (non-hydrogen) atoms. The van der Waals surface area contributed by atoms with Gasteiger partial charge in [0.15, 0.2) is 5.96 Å². The minimum Gasteiger partial charge on any atom is -0.380 e. The summed E-state index contributed by atoms with van der Waals surface area (Å²) in [6, 6.07) is 7.62. The highest BCUT2D eigenvalue weighted by Crippen LogP contribution is 2.15. The molecule has 3 N–H and O–H groups in total. The number of nitrogens with one attached hydrogen (secondary N) is 1. The Morgan fingerprint density at radius 3 is 2.92 bits per heavy atom. The maximum atomic E-state index is 10.6. The number of guanidine groups is 1. The van der Waals surface area contributed by atoms with Crippen LogP contribution in [-0.4, -0.2) is 34.3 Å². The van der Waals surface area contributed by atoms with Gasteiger partial charge < -0.3 is 15.8 Å². The predicted octanol–water partition coefficient (Wildman–Crippen LogP) is 1.98. The zero-order valence-electron chi connectivity index (χ0n) is 13.1. The summed E-state index contributed by atoms with van der Waals surface area (Å²) in [5, 5.41) is 17.5. The molecular weight excluding hydrogens is 427 g/mol. The first-order valence-corrected chi connectivity index (χ1v) is 6.91. The van der Waals surface area contributed by atoms with E-state index in [0.717, 1.165) is 11.3 Å². The van der Waals surface area contributed by atoms with Crippen LogP contribution >= 0.6 is 24.0 Å². The van der Waals surface area contributed by atoms with Crippen LogP contribution in [0.5, 0.6) is 0 Å². The van der Waals surface area contributed by atoms with Crippen molar-refractivity contribution in [3.63, 3.8) is 0 Å². The van der Waals surface area contributed by atoms with Crippen molar-refractivity contribution in [1.82, 2.24) is 9.78 Å². The van der Waals surface area contributed by atoms with Crippen molar-refractivity contribution in [3.05, 3.63) is 52.3 Å². The number of nitrogens with zero attached hydrogens (tertiary/aromatic N) is 4. The first-order chi connectivity index (χ1) is 11.1. The Labute approximate surface area is 156 Å². The highest BCUT2D eigenvalue weighted by Gasteiger charge is 2.08. The van der Waals surface area contributed by atoms with Crippen LogP contribution in [0.1, 0.15) is 5.56 Å². The lowest BCUT2D eigenvalue weighted by Crippen LogP contribution is -2.24. The first-order valence-electron chi connectivity index (χ1n) is 6.91. The fourth-order valence-electron chi connectivity index (χ4n) is 1.94. The second-order valence-electron chi connectivity index (χ2n) is 4.70. The number of anilines is 1. The van der Waals surface area contributed by atoms with Crippen LogP contribution in [0, 0.1) is 10.1 Å². The van der Waals surface area contributed by atoms with E-state index >= 15 is 0 Å². The minimum absolute atomic E-state index is 0. The van der Waals surface area contributed by atoms with Crippen LogP contribution < -0.4 is 11.1 Å². The smallest absolute Gasteiger partial charge is 0.306 e. The summed E-state index contributed by atoms with van der Waals surface area (Å²) in [6.07, 6.45) is 2.55. The van der Waals surface area contributed by atoms with Crippen LogP contribution in [0.25, 0.3) is 0 Å². The maximum Gasteiger partial charge on any atom is 0.306 e. The second-order valence-corrected chi connectivity index (χ2v) is 4.70. The van der Waals surface area contributed by atoms with E-state index in [1.807, 2.05) is 24.3 Å². The lowest BCUT2D eigenvalue weighted by atomic mass is 10.2. The summed E-state index contributed by atoms with van der Waals surface area (Å²) in [7, 11) is 1.62. The standard InChI is InChI=1S/C14H18N6O3.HI/c1-23-10-11-4-2-3-5-13(11)18-14(15)16-6-7-19-9-12(8-17-19)20(21)22;/h2-5,8-9H,6-7,10H2,1H3,(H3,15,16,18);1H. The fourth-order valence-corrected chi connectivity index (χ4v) is 1.94. The summed E-state index contributed by atoms with van der Waals surface area (Å²) >= 11 is 0. The van der Waals surface area contributed by atoms with E-state index in [2.05, 4.69) is 15.4 Å². The van der Waals surface area contributed by atoms with E-state index in [-0.39, 0.29) is 35.6 Å². The number of ether oxygens (including phenoxy) is 1. The molecule has 130 valence electrons. The molecule has 0 atom stereocenters. The summed E-state index contributed by atoms with van der Waals surface area (Å²) in [5.41, 5.74) is 7.59. The Hall–Kier alpha value is -2.21. The van der Waals surface area contributed by atoms with Crippen molar-refractivity contribution < 1.29 is 9.66 Å². The number of aliphatic imine (C=N–C) groups is 1. The largest absolute Gasteiger partial charge is 0.380 e. The number of para-hydroxylation sites is 1. The molecule has 2 rings (SSSR count). The Morgan fingerprint density at radius 1 is 1.50 bits per heavy atom. The molecule has 0 spiro atoms. The van der Waals surface area contributed by atoms with Crippen molar-refractivity contribution in [2.45, 2.75) is 13.2 Å². The van der Waals surface area contributed by atoms with Gasteiger partial charge in [-0.05, 0) is 6.07 Å². The minimum atomic E-state index is -0.491. The van der Waals surface area contributed by atoms with Gasteiger partial charge in [0.05, 0.1) is 24.6 Å². The quantitative estimate of drug-likeness (QED) is 0.221. The molecule has 0 saturated carbocycles. The Balaban J connectivity index is 0.00000288. The van der Waals surface area contributed by atoms with Crippen molar-refractivity contribution in [2.75, 3.05) is 19.0 Å². The zero-order chi connectivity index (χ0) is 16.7. The summed E-state index contributed by atoms with van der Waals surface area (Å²) < 4.78 is 6.58. The molecule has 9 nitrogen and oxygen atoms in total. The van der Waals surface area contributed by atoms with Crippen LogP contribution in [0.4, 0.5) is 11.4 Å². The van der Waals surface area contributed by atoms with E-state index in [9.17, 15) is 10.1 Å². The number of aromatic nitrogens is 2. The molecule has 0 saturated heterocycles. The van der Waals surface area contributed by atoms with Crippen molar-refractivity contribution in [3.8, 4) is 0 Å². The van der Waals surface area contributed by atoms with Gasteiger partial charge in [-0.15, -0.1) is 24.0 Å². The van der Waals surface area contributed by atoms with Gasteiger partial charge in [0.25, 0.3) is 0 Å². The molecule has 2 aromatic rings. The molecule has 0 aliphatic carbocycles. The number of hydrogen-bond donors (Lipinski definition) is 2. The van der Waals surface area contributed by atoms with Crippen LogP contribution in [0.15, 0.2) is 41.7 Å². The molecule has 0 amide bonds. The summed E-state index contributed by atoms with van der Waals surface area (Å²) in [5.74, 6) is 0.259. The topological polar surface area (TPSA) is 121 Å². The van der Waals surface area contributed by atoms with E-state index in [1.165, 1.54) is 17.1 Å². The Bertz CT molecular complexity index is 703. The lowest BCUT2D eigenvalue weighted by Gasteiger charge is -2.10. The molecule has 0 bridgehead atoms. The third-order valence-electron chi connectivity index (χ3n) is 3.02. The number of hydrogen-bond acceptors (Lipinski definition) is 5. The third kappa shape index (κ3) is 5.77. The van der Waals surface area contributed by atoms with Crippen LogP contribution in [0.2, 0.25) is 0 Å². The number of methoxy groups -OCH3 is 1. The number of nitro groups is 1. The molecular formula is C14H19IN6O3. The van der Waals surface area contributed by atoms with Gasteiger partial charge in [0.1, 0.15) is 12.4 Å². The van der Waals surface area contributed by atoms with Gasteiger partial charge in [-0.3, -0.25) is 19.8 Å². The highest BCUT2D eigenvalue weighted by molar-refractivity contribution is 14.0. The second kappa shape index (κ2) is 9.82. The van der Waals surface area contributed by atoms with Crippen molar-refractivity contribution in [1.29, 1.82) is 0 Å². The van der Waals surface area contributed by atoms with Gasteiger partial charge in [0.2, 0.25) is 0 Å². The predicted molar refractivity (Wildman–Crippen MR) is 102 cm³/mol. The SMILES string of the molecule is COCc1ccccc1NC(N)=NCCn1cc([N+](=O)[O-])cn1.I. The highest BCUT2D eigenvalue weighted by atomic mass is 127. The number of rotatable bonds is 7. The van der Waals surface area contributed by atoms with Crippen molar-refractivity contribution in [2.24, 2.45) is 10.7 Å². The average molecular weight is 446 g/mol. The van der Waals surface area contributed by atoms with E-state index < -0.39 is 4.92 Å². The number of halogens is 1. The third-order valence-corrected chi connectivity index (χ3v) is 3.02. The molecule has 0 fully saturated rings. The number of benzene rings is 1. The monoisotopic (exact) mass is 446 g/mol. The Morgan fingerprint density at radius 2 is 2.25 bits per heavy atom. The molecule has 0 unspecified atom stereocenters. The molecule has 10 heteroatoms. The molecule has 0 aliphatic heterocycles. The fraction of sp³-hybridized carbons (Fsp3) is 0.286.